The summed E-state index contributed by atoms with van der Waals surface area (Å²) in [5, 5.41) is 0. The minimum Gasteiger partial charge on any atom is -0.493 e. The number of halogens is 1. The second-order valence-corrected chi connectivity index (χ2v) is 5.31. The largest absolute Gasteiger partial charge is 0.493 e. The third kappa shape index (κ3) is 3.82. The van der Waals surface area contributed by atoms with Gasteiger partial charge in [-0.3, -0.25) is 0 Å². The number of benzene rings is 2. The van der Waals surface area contributed by atoms with Crippen molar-refractivity contribution in [3.05, 3.63) is 65.0 Å². The van der Waals surface area contributed by atoms with Crippen LogP contribution >= 0.6 is 0 Å². The van der Waals surface area contributed by atoms with Crippen molar-refractivity contribution < 1.29 is 9.13 Å². The van der Waals surface area contributed by atoms with Crippen molar-refractivity contribution in [2.24, 2.45) is 5.73 Å². The monoisotopic (exact) mass is 287 g/mol. The van der Waals surface area contributed by atoms with Crippen LogP contribution in [0.1, 0.15) is 29.0 Å². The lowest BCUT2D eigenvalue weighted by Crippen LogP contribution is -2.17. The first kappa shape index (κ1) is 15.5. The van der Waals surface area contributed by atoms with Crippen molar-refractivity contribution in [1.29, 1.82) is 0 Å². The number of rotatable bonds is 6. The van der Waals surface area contributed by atoms with E-state index in [1.54, 1.807) is 12.1 Å². The van der Waals surface area contributed by atoms with Crippen molar-refractivity contribution in [1.82, 2.24) is 0 Å². The molecule has 0 saturated carbocycles. The van der Waals surface area contributed by atoms with E-state index in [1.807, 2.05) is 38.1 Å². The number of ether oxygens (including phenoxy) is 1. The van der Waals surface area contributed by atoms with Crippen molar-refractivity contribution in [2.45, 2.75) is 26.2 Å². The van der Waals surface area contributed by atoms with E-state index < -0.39 is 0 Å². The molecule has 0 saturated heterocycles. The molecule has 2 N–H and O–H groups in total. The van der Waals surface area contributed by atoms with Crippen LogP contribution in [-0.4, -0.2) is 13.2 Å². The zero-order chi connectivity index (χ0) is 15.2. The average molecular weight is 287 g/mol. The minimum atomic E-state index is -0.194. The maximum Gasteiger partial charge on any atom is 0.126 e. The van der Waals surface area contributed by atoms with Gasteiger partial charge in [0.15, 0.2) is 0 Å². The van der Waals surface area contributed by atoms with E-state index in [2.05, 4.69) is 0 Å². The van der Waals surface area contributed by atoms with Crippen LogP contribution in [0.2, 0.25) is 0 Å². The number of hydrogen-bond acceptors (Lipinski definition) is 2. The molecule has 3 heteroatoms. The highest BCUT2D eigenvalue weighted by atomic mass is 19.1. The Balaban J connectivity index is 2.00. The van der Waals surface area contributed by atoms with Crippen molar-refractivity contribution in [3.63, 3.8) is 0 Å². The Bertz CT molecular complexity index is 577. The molecule has 2 aromatic rings. The fourth-order valence-corrected chi connectivity index (χ4v) is 2.54. The third-order valence-electron chi connectivity index (χ3n) is 3.75. The smallest absolute Gasteiger partial charge is 0.126 e. The number of nitrogens with two attached hydrogens (primary N) is 1. The number of para-hydroxylation sites is 1. The molecular weight excluding hydrogens is 265 g/mol. The molecule has 0 heterocycles. The molecule has 1 atom stereocenters. The van der Waals surface area contributed by atoms with Gasteiger partial charge in [-0.25, -0.2) is 4.39 Å². The summed E-state index contributed by atoms with van der Waals surface area (Å²) < 4.78 is 19.7. The molecule has 0 aliphatic carbocycles. The SMILES string of the molecule is Cc1cccc(C)c1OCCC(CN)c1ccccc1F. The van der Waals surface area contributed by atoms with Crippen molar-refractivity contribution in [3.8, 4) is 5.75 Å². The van der Waals surface area contributed by atoms with Gasteiger partial charge in [0.05, 0.1) is 6.61 Å². The molecule has 1 unspecified atom stereocenters. The molecule has 2 rings (SSSR count). The van der Waals surface area contributed by atoms with Crippen LogP contribution < -0.4 is 10.5 Å². The zero-order valence-corrected chi connectivity index (χ0v) is 12.6. The molecule has 21 heavy (non-hydrogen) atoms. The van der Waals surface area contributed by atoms with Crippen LogP contribution in [0.3, 0.4) is 0 Å². The summed E-state index contributed by atoms with van der Waals surface area (Å²) in [4.78, 5) is 0. The predicted molar refractivity (Wildman–Crippen MR) is 84.2 cm³/mol. The van der Waals surface area contributed by atoms with Crippen LogP contribution in [0.5, 0.6) is 5.75 Å². The molecule has 0 aromatic heterocycles. The van der Waals surface area contributed by atoms with Crippen molar-refractivity contribution >= 4 is 0 Å². The summed E-state index contributed by atoms with van der Waals surface area (Å²) in [6.07, 6.45) is 0.700. The van der Waals surface area contributed by atoms with Gasteiger partial charge in [0.2, 0.25) is 0 Å². The lowest BCUT2D eigenvalue weighted by Gasteiger charge is -2.18. The molecule has 0 bridgehead atoms. The van der Waals surface area contributed by atoms with Gasteiger partial charge in [-0.05, 0) is 49.6 Å². The van der Waals surface area contributed by atoms with Gasteiger partial charge in [0.25, 0.3) is 0 Å². The lowest BCUT2D eigenvalue weighted by atomic mass is 9.96. The predicted octanol–water partition coefficient (Wildman–Crippen LogP) is 3.95. The summed E-state index contributed by atoms with van der Waals surface area (Å²) >= 11 is 0. The normalized spacial score (nSPS) is 12.2. The Morgan fingerprint density at radius 3 is 2.33 bits per heavy atom. The van der Waals surface area contributed by atoms with Gasteiger partial charge in [-0.15, -0.1) is 0 Å². The van der Waals surface area contributed by atoms with E-state index in [0.717, 1.165) is 16.9 Å². The quantitative estimate of drug-likeness (QED) is 0.873. The van der Waals surface area contributed by atoms with E-state index in [1.165, 1.54) is 6.07 Å². The highest BCUT2D eigenvalue weighted by Crippen LogP contribution is 2.25. The van der Waals surface area contributed by atoms with E-state index in [9.17, 15) is 4.39 Å². The summed E-state index contributed by atoms with van der Waals surface area (Å²) in [7, 11) is 0. The highest BCUT2D eigenvalue weighted by Gasteiger charge is 2.14. The molecular formula is C18H22FNO. The van der Waals surface area contributed by atoms with E-state index >= 15 is 0 Å². The first-order valence-electron chi connectivity index (χ1n) is 7.27. The molecule has 0 radical (unpaired) electrons. The molecule has 0 amide bonds. The Labute approximate surface area is 125 Å². The molecule has 0 fully saturated rings. The van der Waals surface area contributed by atoms with Crippen LogP contribution in [0.4, 0.5) is 4.39 Å². The molecule has 0 spiro atoms. The second-order valence-electron chi connectivity index (χ2n) is 5.31. The van der Waals surface area contributed by atoms with Crippen LogP contribution in [0, 0.1) is 19.7 Å². The first-order chi connectivity index (χ1) is 10.1. The Morgan fingerprint density at radius 2 is 1.71 bits per heavy atom. The topological polar surface area (TPSA) is 35.2 Å². The molecule has 2 nitrogen and oxygen atoms in total. The molecule has 0 aliphatic heterocycles. The van der Waals surface area contributed by atoms with Crippen LogP contribution in [0.15, 0.2) is 42.5 Å². The van der Waals surface area contributed by atoms with Gasteiger partial charge in [0.1, 0.15) is 11.6 Å². The molecule has 2 aromatic carbocycles. The lowest BCUT2D eigenvalue weighted by molar-refractivity contribution is 0.293. The maximum atomic E-state index is 13.8. The zero-order valence-electron chi connectivity index (χ0n) is 12.6. The summed E-state index contributed by atoms with van der Waals surface area (Å²) in [6, 6.07) is 12.9. The second kappa shape index (κ2) is 7.23. The fourth-order valence-electron chi connectivity index (χ4n) is 2.54. The van der Waals surface area contributed by atoms with Gasteiger partial charge < -0.3 is 10.5 Å². The van der Waals surface area contributed by atoms with Crippen molar-refractivity contribution in [2.75, 3.05) is 13.2 Å². The van der Waals surface area contributed by atoms with E-state index in [0.29, 0.717) is 25.1 Å². The van der Waals surface area contributed by atoms with Gasteiger partial charge >= 0.3 is 0 Å². The number of aryl methyl sites for hydroxylation is 2. The van der Waals surface area contributed by atoms with Crippen LogP contribution in [0.25, 0.3) is 0 Å². The summed E-state index contributed by atoms with van der Waals surface area (Å²) in [5.74, 6) is 0.706. The van der Waals surface area contributed by atoms with Gasteiger partial charge in [-0.1, -0.05) is 36.4 Å². The summed E-state index contributed by atoms with van der Waals surface area (Å²) in [6.45, 7) is 5.00. The molecule has 112 valence electrons. The highest BCUT2D eigenvalue weighted by molar-refractivity contribution is 5.39. The third-order valence-corrected chi connectivity index (χ3v) is 3.75. The van der Waals surface area contributed by atoms with E-state index in [4.69, 9.17) is 10.5 Å². The fraction of sp³-hybridized carbons (Fsp3) is 0.333. The number of hydrogen-bond donors (Lipinski definition) is 1. The maximum absolute atomic E-state index is 13.8. The Kier molecular flexibility index (Phi) is 5.34. The van der Waals surface area contributed by atoms with Gasteiger partial charge in [-0.2, -0.15) is 0 Å². The minimum absolute atomic E-state index is 0.0180. The Morgan fingerprint density at radius 1 is 1.05 bits per heavy atom. The van der Waals surface area contributed by atoms with Gasteiger partial charge in [0, 0.05) is 5.92 Å². The molecule has 0 aliphatic rings. The first-order valence-corrected chi connectivity index (χ1v) is 7.27. The average Bonchev–Trinajstić information content (AvgIpc) is 2.47. The van der Waals surface area contributed by atoms with E-state index in [-0.39, 0.29) is 11.7 Å². The summed E-state index contributed by atoms with van der Waals surface area (Å²) in [5.41, 5.74) is 8.69. The Hall–Kier alpha value is -1.87. The van der Waals surface area contributed by atoms with Crippen LogP contribution in [-0.2, 0) is 0 Å². The standard InChI is InChI=1S/C18H22FNO/c1-13-6-5-7-14(2)18(13)21-11-10-15(12-20)16-8-3-4-9-17(16)19/h3-9,15H,10-12,20H2,1-2H3.